The predicted molar refractivity (Wildman–Crippen MR) is 70.1 cm³/mol. The van der Waals surface area contributed by atoms with E-state index in [1.165, 1.54) is 0 Å². The molecule has 0 amide bonds. The van der Waals surface area contributed by atoms with Gasteiger partial charge in [0, 0.05) is 23.5 Å². The summed E-state index contributed by atoms with van der Waals surface area (Å²) in [4.78, 5) is 10.8. The molecule has 1 aromatic heterocycles. The molecule has 1 heterocycles. The quantitative estimate of drug-likeness (QED) is 0.792. The number of nitrogens with two attached hydrogens (primary N) is 1. The van der Waals surface area contributed by atoms with Crippen LogP contribution >= 0.6 is 0 Å². The maximum atomic E-state index is 10.8. The Morgan fingerprint density at radius 1 is 1.50 bits per heavy atom. The van der Waals surface area contributed by atoms with Crippen LogP contribution in [0.15, 0.2) is 30.5 Å². The molecular weight excluding hydrogens is 228 g/mol. The Labute approximate surface area is 105 Å². The second kappa shape index (κ2) is 4.94. The van der Waals surface area contributed by atoms with Gasteiger partial charge in [-0.3, -0.25) is 4.79 Å². The van der Waals surface area contributed by atoms with Gasteiger partial charge < -0.3 is 15.4 Å². The molecule has 0 aliphatic heterocycles. The molecule has 0 radical (unpaired) electrons. The Morgan fingerprint density at radius 3 is 2.89 bits per heavy atom. The van der Waals surface area contributed by atoms with Crippen LogP contribution < -0.4 is 5.73 Å². The van der Waals surface area contributed by atoms with Crippen LogP contribution in [0.1, 0.15) is 5.56 Å². The summed E-state index contributed by atoms with van der Waals surface area (Å²) >= 11 is 0. The van der Waals surface area contributed by atoms with E-state index in [1.54, 1.807) is 0 Å². The topological polar surface area (TPSA) is 68.2 Å². The maximum absolute atomic E-state index is 10.8. The second-order valence-corrected chi connectivity index (χ2v) is 4.15. The van der Waals surface area contributed by atoms with E-state index in [4.69, 9.17) is 17.3 Å². The zero-order chi connectivity index (χ0) is 13.1. The number of terminal acetylenes is 1. The molecule has 1 atom stereocenters. The van der Waals surface area contributed by atoms with Crippen LogP contribution in [0.3, 0.4) is 0 Å². The van der Waals surface area contributed by atoms with E-state index in [0.717, 1.165) is 16.5 Å². The summed E-state index contributed by atoms with van der Waals surface area (Å²) in [7, 11) is 0. The molecular formula is C14H14N2O2. The predicted octanol–water partition coefficient (Wildman–Crippen LogP) is 1.23. The summed E-state index contributed by atoms with van der Waals surface area (Å²) < 4.78 is 1.93. The number of para-hydroxylation sites is 1. The smallest absolute Gasteiger partial charge is 0.320 e. The minimum Gasteiger partial charge on any atom is -0.480 e. The van der Waals surface area contributed by atoms with E-state index >= 15 is 0 Å². The van der Waals surface area contributed by atoms with Gasteiger partial charge in [-0.05, 0) is 11.6 Å². The highest BCUT2D eigenvalue weighted by atomic mass is 16.4. The number of rotatable bonds is 4. The molecule has 0 fully saturated rings. The summed E-state index contributed by atoms with van der Waals surface area (Å²) in [5, 5.41) is 9.87. The highest BCUT2D eigenvalue weighted by Crippen LogP contribution is 2.22. The lowest BCUT2D eigenvalue weighted by atomic mass is 10.1. The van der Waals surface area contributed by atoms with Gasteiger partial charge in [-0.15, -0.1) is 6.42 Å². The van der Waals surface area contributed by atoms with Crippen LogP contribution in [0.25, 0.3) is 10.9 Å². The first-order chi connectivity index (χ1) is 8.63. The number of hydrogen-bond donors (Lipinski definition) is 2. The Morgan fingerprint density at radius 2 is 2.22 bits per heavy atom. The Hall–Kier alpha value is -2.25. The highest BCUT2D eigenvalue weighted by molar-refractivity contribution is 5.85. The van der Waals surface area contributed by atoms with Crippen LogP contribution in [-0.4, -0.2) is 21.7 Å². The molecule has 2 rings (SSSR count). The van der Waals surface area contributed by atoms with Crippen molar-refractivity contribution in [1.82, 2.24) is 4.57 Å². The van der Waals surface area contributed by atoms with Crippen molar-refractivity contribution in [1.29, 1.82) is 0 Å². The number of fused-ring (bicyclic) bond motifs is 1. The standard InChI is InChI=1S/C14H14N2O2/c1-2-7-16-9-10(8-12(15)14(17)18)11-5-3-4-6-13(11)16/h1,3-6,9,12H,7-8,15H2,(H,17,18)/t12-/m0/s1. The Kier molecular flexibility index (Phi) is 3.35. The van der Waals surface area contributed by atoms with Gasteiger partial charge in [-0.1, -0.05) is 24.1 Å². The summed E-state index contributed by atoms with van der Waals surface area (Å²) in [6.45, 7) is 0.461. The number of aliphatic carboxylic acids is 1. The van der Waals surface area contributed by atoms with Crippen molar-refractivity contribution in [3.05, 3.63) is 36.0 Å². The molecule has 0 aliphatic carbocycles. The molecule has 0 bridgehead atoms. The molecule has 4 heteroatoms. The SMILES string of the molecule is C#CCn1cc(C[C@H](N)C(=O)O)c2ccccc21. The fourth-order valence-electron chi connectivity index (χ4n) is 2.04. The summed E-state index contributed by atoms with van der Waals surface area (Å²) in [6, 6.07) is 6.86. The summed E-state index contributed by atoms with van der Waals surface area (Å²) in [5.41, 5.74) is 7.49. The third kappa shape index (κ3) is 2.22. The van der Waals surface area contributed by atoms with Crippen LogP contribution in [-0.2, 0) is 17.8 Å². The molecule has 1 aromatic carbocycles. The Bertz CT molecular complexity index is 622. The first kappa shape index (κ1) is 12.2. The van der Waals surface area contributed by atoms with Crippen molar-refractivity contribution < 1.29 is 9.90 Å². The van der Waals surface area contributed by atoms with Crippen molar-refractivity contribution in [2.45, 2.75) is 19.0 Å². The lowest BCUT2D eigenvalue weighted by Crippen LogP contribution is -2.32. The zero-order valence-electron chi connectivity index (χ0n) is 9.84. The number of carboxylic acid groups (broad SMARTS) is 1. The molecule has 3 N–H and O–H groups in total. The lowest BCUT2D eigenvalue weighted by molar-refractivity contribution is -0.138. The van der Waals surface area contributed by atoms with Gasteiger partial charge in [0.2, 0.25) is 0 Å². The second-order valence-electron chi connectivity index (χ2n) is 4.15. The monoisotopic (exact) mass is 242 g/mol. The molecule has 0 saturated carbocycles. The van der Waals surface area contributed by atoms with E-state index in [1.807, 2.05) is 35.0 Å². The molecule has 4 nitrogen and oxygen atoms in total. The average molecular weight is 242 g/mol. The number of carboxylic acids is 1. The number of hydrogen-bond acceptors (Lipinski definition) is 2. The third-order valence-electron chi connectivity index (χ3n) is 2.89. The average Bonchev–Trinajstić information content (AvgIpc) is 2.69. The highest BCUT2D eigenvalue weighted by Gasteiger charge is 2.15. The van der Waals surface area contributed by atoms with E-state index in [0.29, 0.717) is 13.0 Å². The minimum absolute atomic E-state index is 0.299. The first-order valence-corrected chi connectivity index (χ1v) is 5.62. The van der Waals surface area contributed by atoms with Gasteiger partial charge in [0.05, 0.1) is 6.54 Å². The summed E-state index contributed by atoms with van der Waals surface area (Å²) in [6.07, 6.45) is 7.50. The van der Waals surface area contributed by atoms with Gasteiger partial charge >= 0.3 is 5.97 Å². The van der Waals surface area contributed by atoms with Gasteiger partial charge in [0.25, 0.3) is 0 Å². The number of aromatic nitrogens is 1. The van der Waals surface area contributed by atoms with Crippen LogP contribution in [0.2, 0.25) is 0 Å². The number of benzene rings is 1. The third-order valence-corrected chi connectivity index (χ3v) is 2.89. The van der Waals surface area contributed by atoms with Crippen LogP contribution in [0.4, 0.5) is 0 Å². The van der Waals surface area contributed by atoms with Gasteiger partial charge in [-0.2, -0.15) is 0 Å². The van der Waals surface area contributed by atoms with Crippen molar-refractivity contribution in [3.8, 4) is 12.3 Å². The molecule has 0 spiro atoms. The van der Waals surface area contributed by atoms with E-state index < -0.39 is 12.0 Å². The van der Waals surface area contributed by atoms with E-state index in [2.05, 4.69) is 5.92 Å². The lowest BCUT2D eigenvalue weighted by Gasteiger charge is -2.04. The fourth-order valence-corrected chi connectivity index (χ4v) is 2.04. The first-order valence-electron chi connectivity index (χ1n) is 5.62. The maximum Gasteiger partial charge on any atom is 0.320 e. The fraction of sp³-hybridized carbons (Fsp3) is 0.214. The molecule has 92 valence electrons. The number of nitrogens with zero attached hydrogens (tertiary/aromatic N) is 1. The molecule has 18 heavy (non-hydrogen) atoms. The van der Waals surface area contributed by atoms with Gasteiger partial charge in [0.1, 0.15) is 6.04 Å². The zero-order valence-corrected chi connectivity index (χ0v) is 9.84. The van der Waals surface area contributed by atoms with E-state index in [-0.39, 0.29) is 0 Å². The van der Waals surface area contributed by atoms with Gasteiger partial charge in [-0.25, -0.2) is 0 Å². The summed E-state index contributed by atoms with van der Waals surface area (Å²) in [5.74, 6) is 1.58. The number of carbonyl (C=O) groups is 1. The van der Waals surface area contributed by atoms with Crippen LogP contribution in [0.5, 0.6) is 0 Å². The Balaban J connectivity index is 2.45. The van der Waals surface area contributed by atoms with Crippen LogP contribution in [0, 0.1) is 12.3 Å². The molecule has 2 aromatic rings. The van der Waals surface area contributed by atoms with Crippen molar-refractivity contribution in [3.63, 3.8) is 0 Å². The van der Waals surface area contributed by atoms with Crippen molar-refractivity contribution in [2.24, 2.45) is 5.73 Å². The minimum atomic E-state index is -0.996. The van der Waals surface area contributed by atoms with Gasteiger partial charge in [0.15, 0.2) is 0 Å². The molecule has 0 aliphatic rings. The molecule has 0 saturated heterocycles. The normalized spacial score (nSPS) is 12.2. The van der Waals surface area contributed by atoms with Crippen molar-refractivity contribution >= 4 is 16.9 Å². The van der Waals surface area contributed by atoms with Crippen molar-refractivity contribution in [2.75, 3.05) is 0 Å². The molecule has 0 unspecified atom stereocenters. The largest absolute Gasteiger partial charge is 0.480 e. The van der Waals surface area contributed by atoms with E-state index in [9.17, 15) is 4.79 Å².